The number of rotatable bonds is 2. The Morgan fingerprint density at radius 3 is 3.00 bits per heavy atom. The van der Waals surface area contributed by atoms with Crippen LogP contribution in [0.4, 0.5) is 5.88 Å². The Bertz CT molecular complexity index is 255. The third kappa shape index (κ3) is 1.52. The maximum Gasteiger partial charge on any atom is 0.256 e. The third-order valence-corrected chi connectivity index (χ3v) is 1.28. The largest absolute Gasteiger partial charge is 0.448 e. The maximum atomic E-state index is 11.1. The van der Waals surface area contributed by atoms with Crippen LogP contribution in [0.2, 0.25) is 0 Å². The third-order valence-electron chi connectivity index (χ3n) is 1.28. The van der Waals surface area contributed by atoms with E-state index in [1.165, 1.54) is 6.26 Å². The van der Waals surface area contributed by atoms with Gasteiger partial charge in [-0.3, -0.25) is 4.79 Å². The Morgan fingerprint density at radius 1 is 1.82 bits per heavy atom. The Kier molecular flexibility index (Phi) is 2.15. The van der Waals surface area contributed by atoms with Gasteiger partial charge in [-0.15, -0.1) is 0 Å². The molecule has 4 heteroatoms. The fourth-order valence-corrected chi connectivity index (χ4v) is 0.764. The zero-order valence-electron chi connectivity index (χ0n) is 6.26. The molecule has 0 aliphatic carbocycles. The molecule has 0 radical (unpaired) electrons. The number of hydrogen-bond donors (Lipinski definition) is 2. The van der Waals surface area contributed by atoms with Crippen LogP contribution >= 0.6 is 0 Å². The van der Waals surface area contributed by atoms with Crippen molar-refractivity contribution in [2.75, 3.05) is 12.3 Å². The summed E-state index contributed by atoms with van der Waals surface area (Å²) >= 11 is 0. The van der Waals surface area contributed by atoms with E-state index in [-0.39, 0.29) is 11.8 Å². The number of carbonyl (C=O) groups excluding carboxylic acids is 1. The van der Waals surface area contributed by atoms with Crippen molar-refractivity contribution in [1.29, 1.82) is 0 Å². The average Bonchev–Trinajstić information content (AvgIpc) is 2.36. The number of carbonyl (C=O) groups is 1. The van der Waals surface area contributed by atoms with Crippen molar-refractivity contribution >= 4 is 11.8 Å². The molecule has 0 aliphatic heterocycles. The molecule has 1 aromatic heterocycles. The van der Waals surface area contributed by atoms with Crippen LogP contribution in [0.1, 0.15) is 17.3 Å². The summed E-state index contributed by atoms with van der Waals surface area (Å²) in [6.07, 6.45) is 1.39. The lowest BCUT2D eigenvalue weighted by molar-refractivity contribution is 0.0956. The molecular formula is C7H10N2O2. The highest BCUT2D eigenvalue weighted by Gasteiger charge is 2.09. The summed E-state index contributed by atoms with van der Waals surface area (Å²) < 4.78 is 4.75. The van der Waals surface area contributed by atoms with Gasteiger partial charge in [-0.25, -0.2) is 0 Å². The molecule has 0 fully saturated rings. The smallest absolute Gasteiger partial charge is 0.256 e. The van der Waals surface area contributed by atoms with Gasteiger partial charge in [-0.05, 0) is 13.0 Å². The zero-order chi connectivity index (χ0) is 8.27. The number of nitrogens with one attached hydrogen (secondary N) is 1. The predicted molar refractivity (Wildman–Crippen MR) is 41.1 cm³/mol. The molecule has 11 heavy (non-hydrogen) atoms. The first-order valence-corrected chi connectivity index (χ1v) is 3.37. The molecule has 3 N–H and O–H groups in total. The zero-order valence-corrected chi connectivity index (χ0v) is 6.26. The van der Waals surface area contributed by atoms with Crippen LogP contribution < -0.4 is 11.1 Å². The van der Waals surface area contributed by atoms with Crippen LogP contribution in [0.3, 0.4) is 0 Å². The van der Waals surface area contributed by atoms with E-state index in [0.29, 0.717) is 12.1 Å². The summed E-state index contributed by atoms with van der Waals surface area (Å²) in [7, 11) is 0. The first-order valence-electron chi connectivity index (χ1n) is 3.37. The Balaban J connectivity index is 2.76. The first kappa shape index (κ1) is 7.65. The van der Waals surface area contributed by atoms with Gasteiger partial charge in [0.25, 0.3) is 5.91 Å². The summed E-state index contributed by atoms with van der Waals surface area (Å²) in [5, 5.41) is 2.61. The van der Waals surface area contributed by atoms with Gasteiger partial charge in [0.2, 0.25) is 5.88 Å². The second-order valence-corrected chi connectivity index (χ2v) is 2.06. The van der Waals surface area contributed by atoms with Gasteiger partial charge in [0.15, 0.2) is 0 Å². The molecule has 1 heterocycles. The van der Waals surface area contributed by atoms with Crippen molar-refractivity contribution in [3.05, 3.63) is 17.9 Å². The number of nitrogen functional groups attached to an aromatic ring is 1. The number of furan rings is 1. The number of nitrogens with two attached hydrogens (primary N) is 1. The lowest BCUT2D eigenvalue weighted by atomic mass is 10.3. The van der Waals surface area contributed by atoms with Crippen molar-refractivity contribution < 1.29 is 9.21 Å². The molecule has 0 saturated carbocycles. The summed E-state index contributed by atoms with van der Waals surface area (Å²) in [5.74, 6) is -0.0327. The highest BCUT2D eigenvalue weighted by atomic mass is 16.3. The average molecular weight is 154 g/mol. The molecule has 0 aliphatic rings. The molecule has 1 aromatic rings. The van der Waals surface area contributed by atoms with Crippen LogP contribution in [0.15, 0.2) is 16.7 Å². The lowest BCUT2D eigenvalue weighted by Gasteiger charge is -1.97. The molecule has 0 saturated heterocycles. The van der Waals surface area contributed by atoms with Gasteiger partial charge in [0.1, 0.15) is 5.56 Å². The van der Waals surface area contributed by atoms with Gasteiger partial charge in [0, 0.05) is 6.54 Å². The number of hydrogen-bond acceptors (Lipinski definition) is 3. The van der Waals surface area contributed by atoms with E-state index in [1.54, 1.807) is 6.07 Å². The van der Waals surface area contributed by atoms with Crippen molar-refractivity contribution in [3.8, 4) is 0 Å². The fraction of sp³-hybridized carbons (Fsp3) is 0.286. The molecule has 1 rings (SSSR count). The SMILES string of the molecule is CCNC(=O)c1ccoc1N. The lowest BCUT2D eigenvalue weighted by Crippen LogP contribution is -2.22. The van der Waals surface area contributed by atoms with E-state index >= 15 is 0 Å². The van der Waals surface area contributed by atoms with Crippen molar-refractivity contribution in [2.45, 2.75) is 6.92 Å². The van der Waals surface area contributed by atoms with Crippen LogP contribution in [0.25, 0.3) is 0 Å². The molecule has 0 spiro atoms. The predicted octanol–water partition coefficient (Wildman–Crippen LogP) is 0.612. The standard InChI is InChI=1S/C7H10N2O2/c1-2-9-7(10)5-3-4-11-6(5)8/h3-4H,2,8H2,1H3,(H,9,10). The highest BCUT2D eigenvalue weighted by Crippen LogP contribution is 2.11. The summed E-state index contributed by atoms with van der Waals surface area (Å²) in [6, 6.07) is 1.54. The van der Waals surface area contributed by atoms with Crippen LogP contribution in [-0.4, -0.2) is 12.5 Å². The molecule has 0 aromatic carbocycles. The molecule has 0 unspecified atom stereocenters. The molecule has 1 amide bonds. The van der Waals surface area contributed by atoms with Crippen LogP contribution in [0.5, 0.6) is 0 Å². The van der Waals surface area contributed by atoms with Gasteiger partial charge in [0.05, 0.1) is 6.26 Å². The van der Waals surface area contributed by atoms with Crippen molar-refractivity contribution in [2.24, 2.45) is 0 Å². The van der Waals surface area contributed by atoms with Gasteiger partial charge >= 0.3 is 0 Å². The second kappa shape index (κ2) is 3.09. The van der Waals surface area contributed by atoms with E-state index in [9.17, 15) is 4.79 Å². The molecule has 4 nitrogen and oxygen atoms in total. The maximum absolute atomic E-state index is 11.1. The summed E-state index contributed by atoms with van der Waals surface area (Å²) in [5.41, 5.74) is 5.74. The van der Waals surface area contributed by atoms with E-state index in [0.717, 1.165) is 0 Å². The number of anilines is 1. The quantitative estimate of drug-likeness (QED) is 0.655. The molecular weight excluding hydrogens is 144 g/mol. The van der Waals surface area contributed by atoms with Gasteiger partial charge < -0.3 is 15.5 Å². The van der Waals surface area contributed by atoms with E-state index in [2.05, 4.69) is 5.32 Å². The van der Waals surface area contributed by atoms with Crippen molar-refractivity contribution in [3.63, 3.8) is 0 Å². The minimum atomic E-state index is -0.196. The second-order valence-electron chi connectivity index (χ2n) is 2.06. The minimum Gasteiger partial charge on any atom is -0.448 e. The number of amides is 1. The highest BCUT2D eigenvalue weighted by molar-refractivity contribution is 5.97. The van der Waals surface area contributed by atoms with Crippen LogP contribution in [-0.2, 0) is 0 Å². The Morgan fingerprint density at radius 2 is 2.55 bits per heavy atom. The summed E-state index contributed by atoms with van der Waals surface area (Å²) in [6.45, 7) is 2.43. The minimum absolute atomic E-state index is 0.163. The molecule has 0 bridgehead atoms. The topological polar surface area (TPSA) is 68.3 Å². The van der Waals surface area contributed by atoms with E-state index in [4.69, 9.17) is 10.2 Å². The molecule has 60 valence electrons. The van der Waals surface area contributed by atoms with Crippen LogP contribution in [0, 0.1) is 0 Å². The Hall–Kier alpha value is -1.45. The fourth-order valence-electron chi connectivity index (χ4n) is 0.764. The summed E-state index contributed by atoms with van der Waals surface area (Å²) in [4.78, 5) is 11.1. The van der Waals surface area contributed by atoms with Gasteiger partial charge in [-0.2, -0.15) is 0 Å². The van der Waals surface area contributed by atoms with E-state index < -0.39 is 0 Å². The first-order chi connectivity index (χ1) is 5.25. The Labute approximate surface area is 64.4 Å². The van der Waals surface area contributed by atoms with Crippen molar-refractivity contribution in [1.82, 2.24) is 5.32 Å². The molecule has 0 atom stereocenters. The monoisotopic (exact) mass is 154 g/mol. The van der Waals surface area contributed by atoms with Gasteiger partial charge in [-0.1, -0.05) is 0 Å². The normalized spacial score (nSPS) is 9.55. The van der Waals surface area contributed by atoms with E-state index in [1.807, 2.05) is 6.92 Å².